The minimum absolute atomic E-state index is 0.0762. The first-order valence-corrected chi connectivity index (χ1v) is 12.4. The maximum atomic E-state index is 13.2. The minimum atomic E-state index is -3.91. The van der Waals surface area contributed by atoms with E-state index in [0.29, 0.717) is 11.4 Å². The number of carbonyl (C=O) groups excluding carboxylic acids is 1. The van der Waals surface area contributed by atoms with Crippen LogP contribution in [0.1, 0.15) is 23.6 Å². The summed E-state index contributed by atoms with van der Waals surface area (Å²) in [5, 5.41) is 4.41. The molecule has 0 bridgehead atoms. The molecular formula is C25H26ClN3O3S. The van der Waals surface area contributed by atoms with Gasteiger partial charge in [0.15, 0.2) is 0 Å². The lowest BCUT2D eigenvalue weighted by Crippen LogP contribution is -2.40. The first kappa shape index (κ1) is 24.6. The molecule has 3 rings (SSSR count). The number of halogens is 1. The van der Waals surface area contributed by atoms with E-state index in [1.165, 1.54) is 36.0 Å². The monoisotopic (exact) mass is 483 g/mol. The third-order valence-corrected chi connectivity index (χ3v) is 7.17. The molecule has 0 aromatic heterocycles. The van der Waals surface area contributed by atoms with Crippen LogP contribution in [0.3, 0.4) is 0 Å². The highest BCUT2D eigenvalue weighted by Gasteiger charge is 2.26. The van der Waals surface area contributed by atoms with Crippen LogP contribution in [-0.4, -0.2) is 37.9 Å². The van der Waals surface area contributed by atoms with Crippen molar-refractivity contribution >= 4 is 33.7 Å². The fraction of sp³-hybridized carbons (Fsp3) is 0.200. The summed E-state index contributed by atoms with van der Waals surface area (Å²) in [7, 11) is -3.91. The summed E-state index contributed by atoms with van der Waals surface area (Å²) in [5.41, 5.74) is 5.44. The molecule has 33 heavy (non-hydrogen) atoms. The fourth-order valence-corrected chi connectivity index (χ4v) is 4.68. The Kier molecular flexibility index (Phi) is 8.77. The Labute approximate surface area is 200 Å². The van der Waals surface area contributed by atoms with Gasteiger partial charge < -0.3 is 0 Å². The van der Waals surface area contributed by atoms with Crippen LogP contribution in [0.5, 0.6) is 0 Å². The van der Waals surface area contributed by atoms with Gasteiger partial charge in [-0.3, -0.25) is 4.79 Å². The summed E-state index contributed by atoms with van der Waals surface area (Å²) < 4.78 is 27.6. The molecule has 0 radical (unpaired) electrons. The fourth-order valence-electron chi connectivity index (χ4n) is 3.15. The lowest BCUT2D eigenvalue weighted by Gasteiger charge is -2.21. The van der Waals surface area contributed by atoms with Gasteiger partial charge in [0.2, 0.25) is 10.0 Å². The normalized spacial score (nSPS) is 11.7. The number of carbonyl (C=O) groups is 1. The number of hydrazone groups is 1. The highest BCUT2D eigenvalue weighted by Crippen LogP contribution is 2.19. The molecule has 0 unspecified atom stereocenters. The van der Waals surface area contributed by atoms with Gasteiger partial charge in [0.05, 0.1) is 17.7 Å². The van der Waals surface area contributed by atoms with Crippen LogP contribution in [0.4, 0.5) is 0 Å². The molecular weight excluding hydrogens is 458 g/mol. The maximum absolute atomic E-state index is 13.2. The van der Waals surface area contributed by atoms with E-state index in [4.69, 9.17) is 11.6 Å². The van der Waals surface area contributed by atoms with Gasteiger partial charge >= 0.3 is 0 Å². The van der Waals surface area contributed by atoms with Gasteiger partial charge in [-0.05, 0) is 53.8 Å². The van der Waals surface area contributed by atoms with Crippen molar-refractivity contribution in [1.82, 2.24) is 9.73 Å². The molecule has 6 nitrogen and oxygen atoms in total. The van der Waals surface area contributed by atoms with Crippen LogP contribution in [-0.2, 0) is 27.7 Å². The average Bonchev–Trinajstić information content (AvgIpc) is 2.83. The number of benzene rings is 3. The molecule has 172 valence electrons. The summed E-state index contributed by atoms with van der Waals surface area (Å²) in [5.74, 6) is -0.526. The van der Waals surface area contributed by atoms with Crippen molar-refractivity contribution in [3.05, 3.63) is 101 Å². The number of sulfonamides is 1. The number of aryl methyl sites for hydroxylation is 1. The van der Waals surface area contributed by atoms with Gasteiger partial charge in [-0.15, -0.1) is 0 Å². The lowest BCUT2D eigenvalue weighted by atomic mass is 10.1. The Bertz CT molecular complexity index is 1180. The molecule has 0 fully saturated rings. The smallest absolute Gasteiger partial charge is 0.255 e. The third-order valence-electron chi connectivity index (χ3n) is 5.05. The Morgan fingerprint density at radius 1 is 0.970 bits per heavy atom. The van der Waals surface area contributed by atoms with Crippen molar-refractivity contribution in [1.29, 1.82) is 0 Å². The van der Waals surface area contributed by atoms with Gasteiger partial charge in [0, 0.05) is 11.6 Å². The van der Waals surface area contributed by atoms with Gasteiger partial charge in [-0.2, -0.15) is 9.41 Å². The van der Waals surface area contributed by atoms with Crippen molar-refractivity contribution in [2.45, 2.75) is 24.7 Å². The van der Waals surface area contributed by atoms with E-state index in [1.54, 1.807) is 0 Å². The molecule has 1 N–H and O–H groups in total. The van der Waals surface area contributed by atoms with Gasteiger partial charge in [0.25, 0.3) is 5.91 Å². The van der Waals surface area contributed by atoms with E-state index in [1.807, 2.05) is 54.6 Å². The van der Waals surface area contributed by atoms with Crippen molar-refractivity contribution in [3.8, 4) is 0 Å². The van der Waals surface area contributed by atoms with E-state index < -0.39 is 15.9 Å². The first-order chi connectivity index (χ1) is 15.9. The zero-order valence-corrected chi connectivity index (χ0v) is 19.9. The second kappa shape index (κ2) is 11.7. The lowest BCUT2D eigenvalue weighted by molar-refractivity contribution is -0.121. The number of nitrogens with one attached hydrogen (secondary N) is 1. The minimum Gasteiger partial charge on any atom is -0.272 e. The summed E-state index contributed by atoms with van der Waals surface area (Å²) in [4.78, 5) is 12.6. The van der Waals surface area contributed by atoms with Crippen LogP contribution >= 0.6 is 11.6 Å². The maximum Gasteiger partial charge on any atom is 0.255 e. The van der Waals surface area contributed by atoms with E-state index in [9.17, 15) is 13.2 Å². The molecule has 0 aliphatic carbocycles. The zero-order chi connectivity index (χ0) is 23.7. The average molecular weight is 484 g/mol. The van der Waals surface area contributed by atoms with Gasteiger partial charge in [-0.25, -0.2) is 13.8 Å². The molecule has 0 spiro atoms. The van der Waals surface area contributed by atoms with Crippen LogP contribution in [0.15, 0.2) is 88.9 Å². The van der Waals surface area contributed by atoms with Crippen molar-refractivity contribution in [2.24, 2.45) is 5.10 Å². The van der Waals surface area contributed by atoms with Crippen LogP contribution in [0.2, 0.25) is 5.02 Å². The quantitative estimate of drug-likeness (QED) is 0.345. The van der Waals surface area contributed by atoms with Gasteiger partial charge in [-0.1, -0.05) is 73.1 Å². The van der Waals surface area contributed by atoms with Crippen LogP contribution < -0.4 is 5.43 Å². The highest BCUT2D eigenvalue weighted by atomic mass is 35.5. The molecule has 0 heterocycles. The second-order valence-corrected chi connectivity index (χ2v) is 9.79. The molecule has 0 atom stereocenters. The topological polar surface area (TPSA) is 78.8 Å². The zero-order valence-electron chi connectivity index (χ0n) is 18.3. The molecule has 3 aromatic carbocycles. The number of rotatable bonds is 10. The standard InChI is InChI=1S/C25H26ClN3O3S/c1-2-20-8-10-22(11-9-20)18-27-28-25(30)19-29(17-16-21-6-4-3-5-7-21)33(31,32)24-14-12-23(26)13-15-24/h3-15,18H,2,16-17,19H2,1H3,(H,28,30)/b27-18-. The van der Waals surface area contributed by atoms with Gasteiger partial charge in [0.1, 0.15) is 0 Å². The largest absolute Gasteiger partial charge is 0.272 e. The molecule has 8 heteroatoms. The summed E-state index contributed by atoms with van der Waals surface area (Å²) >= 11 is 5.90. The van der Waals surface area contributed by atoms with Crippen molar-refractivity contribution in [3.63, 3.8) is 0 Å². The number of hydrogen-bond donors (Lipinski definition) is 1. The van der Waals surface area contributed by atoms with Crippen LogP contribution in [0.25, 0.3) is 0 Å². The Hall–Kier alpha value is -3.00. The number of hydrogen-bond acceptors (Lipinski definition) is 4. The Balaban J connectivity index is 1.71. The summed E-state index contributed by atoms with van der Waals surface area (Å²) in [6.45, 7) is 1.86. The second-order valence-electron chi connectivity index (χ2n) is 7.42. The molecule has 0 aliphatic heterocycles. The predicted octanol–water partition coefficient (Wildman–Crippen LogP) is 4.29. The molecule has 0 aliphatic rings. The number of nitrogens with zero attached hydrogens (tertiary/aromatic N) is 2. The summed E-state index contributed by atoms with van der Waals surface area (Å²) in [6.07, 6.45) is 2.93. The van der Waals surface area contributed by atoms with E-state index in [-0.39, 0.29) is 18.0 Å². The third kappa shape index (κ3) is 7.25. The molecule has 3 aromatic rings. The van der Waals surface area contributed by atoms with Crippen molar-refractivity contribution < 1.29 is 13.2 Å². The van der Waals surface area contributed by atoms with E-state index >= 15 is 0 Å². The van der Waals surface area contributed by atoms with E-state index in [0.717, 1.165) is 21.9 Å². The predicted molar refractivity (Wildman–Crippen MR) is 132 cm³/mol. The highest BCUT2D eigenvalue weighted by molar-refractivity contribution is 7.89. The molecule has 0 saturated heterocycles. The van der Waals surface area contributed by atoms with Crippen LogP contribution in [0, 0.1) is 0 Å². The Morgan fingerprint density at radius 3 is 2.27 bits per heavy atom. The van der Waals surface area contributed by atoms with E-state index in [2.05, 4.69) is 17.5 Å². The molecule has 0 saturated carbocycles. The first-order valence-electron chi connectivity index (χ1n) is 10.6. The Morgan fingerprint density at radius 2 is 1.64 bits per heavy atom. The number of amides is 1. The van der Waals surface area contributed by atoms with Crippen molar-refractivity contribution in [2.75, 3.05) is 13.1 Å². The molecule has 1 amide bonds. The summed E-state index contributed by atoms with van der Waals surface area (Å²) in [6, 6.07) is 23.2. The SMILES string of the molecule is CCc1ccc(/C=N\NC(=O)CN(CCc2ccccc2)S(=O)(=O)c2ccc(Cl)cc2)cc1.